The van der Waals surface area contributed by atoms with Crippen LogP contribution in [0.3, 0.4) is 0 Å². The van der Waals surface area contributed by atoms with Gasteiger partial charge in [-0.05, 0) is 38.8 Å². The second-order valence-corrected chi connectivity index (χ2v) is 9.01. The van der Waals surface area contributed by atoms with Gasteiger partial charge in [-0.2, -0.15) is 5.10 Å². The first-order chi connectivity index (χ1) is 16.5. The fourth-order valence-electron chi connectivity index (χ4n) is 4.37. The summed E-state index contributed by atoms with van der Waals surface area (Å²) in [5.41, 5.74) is 4.23. The number of ether oxygens (including phenoxy) is 1. The van der Waals surface area contributed by atoms with Crippen LogP contribution in [0.2, 0.25) is 0 Å². The number of halogens is 2. The first kappa shape index (κ1) is 21.1. The average Bonchev–Trinajstić information content (AvgIpc) is 3.56. The number of pyridine rings is 1. The maximum Gasteiger partial charge on any atom is 0.135 e. The number of anilines is 1. The molecule has 34 heavy (non-hydrogen) atoms. The minimum atomic E-state index is -0.682. The highest BCUT2D eigenvalue weighted by Crippen LogP contribution is 2.36. The number of aryl methyl sites for hydroxylation is 2. The molecule has 1 aromatic carbocycles. The van der Waals surface area contributed by atoms with Crippen LogP contribution in [0.25, 0.3) is 22.3 Å². The maximum absolute atomic E-state index is 14.8. The number of hydrogen-bond donors (Lipinski definition) is 0. The highest BCUT2D eigenvalue weighted by atomic mass is 19.1. The smallest absolute Gasteiger partial charge is 0.135 e. The van der Waals surface area contributed by atoms with Crippen molar-refractivity contribution in [3.8, 4) is 11.3 Å². The van der Waals surface area contributed by atoms with E-state index in [4.69, 9.17) is 14.7 Å². The average molecular weight is 463 g/mol. The van der Waals surface area contributed by atoms with Crippen molar-refractivity contribution in [2.75, 3.05) is 24.6 Å². The van der Waals surface area contributed by atoms with Crippen LogP contribution < -0.4 is 4.90 Å². The van der Waals surface area contributed by atoms with Gasteiger partial charge in [0.05, 0.1) is 35.8 Å². The summed E-state index contributed by atoms with van der Waals surface area (Å²) >= 11 is 0. The maximum atomic E-state index is 14.8. The minimum Gasteiger partial charge on any atom is -0.370 e. The summed E-state index contributed by atoms with van der Waals surface area (Å²) < 4.78 is 36.5. The summed E-state index contributed by atoms with van der Waals surface area (Å²) in [6.07, 6.45) is 6.13. The van der Waals surface area contributed by atoms with Crippen LogP contribution in [0.4, 0.5) is 14.6 Å². The van der Waals surface area contributed by atoms with Crippen LogP contribution in [0.1, 0.15) is 41.9 Å². The van der Waals surface area contributed by atoms with Gasteiger partial charge in [-0.15, -0.1) is 0 Å². The molecule has 0 unspecified atom stereocenters. The van der Waals surface area contributed by atoms with Crippen molar-refractivity contribution in [3.63, 3.8) is 0 Å². The lowest BCUT2D eigenvalue weighted by molar-refractivity contribution is 0.0395. The predicted octanol–water partition coefficient (Wildman–Crippen LogP) is 4.70. The summed E-state index contributed by atoms with van der Waals surface area (Å²) in [7, 11) is 0. The molecule has 1 aliphatic carbocycles. The Morgan fingerprint density at radius 2 is 1.85 bits per heavy atom. The molecule has 9 heteroatoms. The zero-order chi connectivity index (χ0) is 23.4. The summed E-state index contributed by atoms with van der Waals surface area (Å²) in [4.78, 5) is 16.3. The zero-order valence-corrected chi connectivity index (χ0v) is 19.0. The van der Waals surface area contributed by atoms with E-state index in [-0.39, 0.29) is 11.7 Å². The van der Waals surface area contributed by atoms with E-state index < -0.39 is 11.6 Å². The van der Waals surface area contributed by atoms with Crippen LogP contribution >= 0.6 is 0 Å². The SMILES string of the molecule is Cc1nc2cc(N3CCO[C@H](c4cnn(C5CC5)c4)C3)nc(-c3ccc(F)cc3F)c2nc1C. The standard InChI is InChI=1S/C25H24F2N6O/c1-14-15(2)30-25-21(29-14)10-23(31-24(25)19-6-3-17(26)9-20(19)27)32-7-8-34-22(13-32)16-11-28-33(12-16)18-4-5-18/h3,6,9-12,18,22H,4-5,7-8,13H2,1-2H3/t22-/m0/s1. The van der Waals surface area contributed by atoms with Gasteiger partial charge in [0.25, 0.3) is 0 Å². The van der Waals surface area contributed by atoms with Crippen molar-refractivity contribution in [2.45, 2.75) is 38.8 Å². The molecule has 1 atom stereocenters. The quantitative estimate of drug-likeness (QED) is 0.438. The Hall–Kier alpha value is -3.46. The number of hydrogen-bond acceptors (Lipinski definition) is 6. The van der Waals surface area contributed by atoms with Crippen molar-refractivity contribution in [1.29, 1.82) is 0 Å². The zero-order valence-electron chi connectivity index (χ0n) is 19.0. The van der Waals surface area contributed by atoms with Crippen LogP contribution in [-0.4, -0.2) is 44.4 Å². The molecule has 174 valence electrons. The lowest BCUT2D eigenvalue weighted by atomic mass is 10.1. The lowest BCUT2D eigenvalue weighted by Crippen LogP contribution is -2.38. The summed E-state index contributed by atoms with van der Waals surface area (Å²) in [6.45, 7) is 5.49. The highest BCUT2D eigenvalue weighted by Gasteiger charge is 2.29. The van der Waals surface area contributed by atoms with Gasteiger partial charge in [0, 0.05) is 42.5 Å². The lowest BCUT2D eigenvalue weighted by Gasteiger charge is -2.33. The van der Waals surface area contributed by atoms with Crippen molar-refractivity contribution in [1.82, 2.24) is 24.7 Å². The van der Waals surface area contributed by atoms with Gasteiger partial charge in [-0.3, -0.25) is 4.68 Å². The fourth-order valence-corrected chi connectivity index (χ4v) is 4.37. The van der Waals surface area contributed by atoms with E-state index in [1.807, 2.05) is 30.8 Å². The van der Waals surface area contributed by atoms with Gasteiger partial charge in [0.1, 0.15) is 34.8 Å². The number of morpholine rings is 1. The molecule has 0 bridgehead atoms. The van der Waals surface area contributed by atoms with E-state index in [9.17, 15) is 8.78 Å². The molecule has 3 aromatic heterocycles. The number of fused-ring (bicyclic) bond motifs is 1. The van der Waals surface area contributed by atoms with Gasteiger partial charge in [-0.25, -0.2) is 23.7 Å². The molecular formula is C25H24F2N6O. The third-order valence-electron chi connectivity index (χ3n) is 6.54. The van der Waals surface area contributed by atoms with E-state index in [2.05, 4.69) is 21.2 Å². The van der Waals surface area contributed by atoms with Crippen LogP contribution in [0.15, 0.2) is 36.7 Å². The normalized spacial score (nSPS) is 18.6. The van der Waals surface area contributed by atoms with Crippen molar-refractivity contribution in [2.24, 2.45) is 0 Å². The van der Waals surface area contributed by atoms with Gasteiger partial charge >= 0.3 is 0 Å². The largest absolute Gasteiger partial charge is 0.370 e. The molecule has 4 heterocycles. The molecule has 4 aromatic rings. The molecule has 0 amide bonds. The second kappa shape index (κ2) is 8.09. The van der Waals surface area contributed by atoms with Crippen LogP contribution in [0, 0.1) is 25.5 Å². The minimum absolute atomic E-state index is 0.143. The number of aromatic nitrogens is 5. The molecule has 2 fully saturated rings. The van der Waals surface area contributed by atoms with E-state index in [0.29, 0.717) is 48.3 Å². The Balaban J connectivity index is 1.41. The summed E-state index contributed by atoms with van der Waals surface area (Å²) in [5.74, 6) is -0.660. The molecular weight excluding hydrogens is 438 g/mol. The van der Waals surface area contributed by atoms with Gasteiger partial charge in [0.2, 0.25) is 0 Å². The molecule has 1 saturated carbocycles. The Morgan fingerprint density at radius 1 is 1.03 bits per heavy atom. The molecule has 7 nitrogen and oxygen atoms in total. The topological polar surface area (TPSA) is 69.0 Å². The monoisotopic (exact) mass is 462 g/mol. The van der Waals surface area contributed by atoms with Crippen LogP contribution in [-0.2, 0) is 4.74 Å². The third kappa shape index (κ3) is 3.79. The van der Waals surface area contributed by atoms with E-state index in [1.165, 1.54) is 25.0 Å². The first-order valence-corrected chi connectivity index (χ1v) is 11.5. The Kier molecular flexibility index (Phi) is 5.02. The van der Waals surface area contributed by atoms with Gasteiger partial charge in [0.15, 0.2) is 0 Å². The van der Waals surface area contributed by atoms with E-state index >= 15 is 0 Å². The number of rotatable bonds is 4. The fraction of sp³-hybridized carbons (Fsp3) is 0.360. The Morgan fingerprint density at radius 3 is 2.65 bits per heavy atom. The summed E-state index contributed by atoms with van der Waals surface area (Å²) in [5, 5.41) is 4.49. The van der Waals surface area contributed by atoms with Crippen molar-refractivity contribution < 1.29 is 13.5 Å². The Labute approximate surface area is 195 Å². The molecule has 0 N–H and O–H groups in total. The highest BCUT2D eigenvalue weighted by molar-refractivity contribution is 5.91. The number of nitrogens with zero attached hydrogens (tertiary/aromatic N) is 6. The second-order valence-electron chi connectivity index (χ2n) is 9.01. The molecule has 0 radical (unpaired) electrons. The van der Waals surface area contributed by atoms with Gasteiger partial charge in [-0.1, -0.05) is 0 Å². The van der Waals surface area contributed by atoms with E-state index in [0.717, 1.165) is 23.0 Å². The van der Waals surface area contributed by atoms with E-state index in [1.54, 1.807) is 0 Å². The van der Waals surface area contributed by atoms with Crippen molar-refractivity contribution >= 4 is 16.9 Å². The van der Waals surface area contributed by atoms with Crippen molar-refractivity contribution in [3.05, 3.63) is 65.2 Å². The molecule has 0 spiro atoms. The Bertz CT molecular complexity index is 1400. The summed E-state index contributed by atoms with van der Waals surface area (Å²) in [6, 6.07) is 5.90. The third-order valence-corrected chi connectivity index (χ3v) is 6.54. The van der Waals surface area contributed by atoms with Crippen LogP contribution in [0.5, 0.6) is 0 Å². The predicted molar refractivity (Wildman–Crippen MR) is 124 cm³/mol. The number of benzene rings is 1. The molecule has 1 aliphatic heterocycles. The molecule has 1 saturated heterocycles. The molecule has 2 aliphatic rings. The molecule has 6 rings (SSSR count). The van der Waals surface area contributed by atoms with Gasteiger partial charge < -0.3 is 9.64 Å². The first-order valence-electron chi connectivity index (χ1n) is 11.5.